The largest absolute Gasteiger partial charge is 0.480 e. The Hall–Kier alpha value is 0.392. The molecule has 0 aromatic heterocycles. The Kier molecular flexibility index (Phi) is 14.1. The van der Waals surface area contributed by atoms with Crippen molar-refractivity contribution in [3.05, 3.63) is 0 Å². The highest BCUT2D eigenvalue weighted by Gasteiger charge is 2.23. The summed E-state index contributed by atoms with van der Waals surface area (Å²) in [6.45, 7) is 0.856. The van der Waals surface area contributed by atoms with Gasteiger partial charge in [-0.15, -0.1) is 0 Å². The van der Waals surface area contributed by atoms with Crippen molar-refractivity contribution in [3.8, 4) is 0 Å². The number of nitrogens with zero attached hydrogens (tertiary/aromatic N) is 1. The summed E-state index contributed by atoms with van der Waals surface area (Å²) in [5.41, 5.74) is 0. The highest BCUT2D eigenvalue weighted by atomic mass is 24.3. The SMILES string of the molecule is CCC(C(=O)O)N(O)CC(=O)O.[MgH2].[MgH2]. The van der Waals surface area contributed by atoms with Crippen molar-refractivity contribution in [2.24, 2.45) is 0 Å². The van der Waals surface area contributed by atoms with E-state index in [9.17, 15) is 9.59 Å². The summed E-state index contributed by atoms with van der Waals surface area (Å²) in [4.78, 5) is 20.4. The van der Waals surface area contributed by atoms with Crippen LogP contribution in [-0.4, -0.2) is 91.1 Å². The first-order valence-corrected chi connectivity index (χ1v) is 3.39. The van der Waals surface area contributed by atoms with E-state index in [1.54, 1.807) is 6.92 Å². The number of carboxylic acids is 2. The zero-order valence-electron chi connectivity index (χ0n) is 6.60. The van der Waals surface area contributed by atoms with Crippen LogP contribution in [-0.2, 0) is 9.59 Å². The number of hydrogen-bond acceptors (Lipinski definition) is 4. The van der Waals surface area contributed by atoms with Gasteiger partial charge in [0, 0.05) is 0 Å². The summed E-state index contributed by atoms with van der Waals surface area (Å²) < 4.78 is 0. The van der Waals surface area contributed by atoms with Crippen molar-refractivity contribution in [2.75, 3.05) is 6.54 Å². The minimum atomic E-state index is -1.27. The second-order valence-electron chi connectivity index (χ2n) is 2.25. The monoisotopic (exact) mass is 229 g/mol. The molecule has 1 atom stereocenters. The molecule has 0 aromatic carbocycles. The van der Waals surface area contributed by atoms with E-state index in [1.165, 1.54) is 0 Å². The zero-order valence-corrected chi connectivity index (χ0v) is 6.60. The summed E-state index contributed by atoms with van der Waals surface area (Å²) in [5.74, 6) is -2.50. The maximum absolute atomic E-state index is 10.4. The molecular formula is C6H15Mg2NO5. The minimum absolute atomic E-state index is 0. The lowest BCUT2D eigenvalue weighted by Gasteiger charge is -2.18. The highest BCUT2D eigenvalue weighted by molar-refractivity contribution is 5.76. The molecule has 0 saturated heterocycles. The van der Waals surface area contributed by atoms with Crippen molar-refractivity contribution in [1.82, 2.24) is 5.06 Å². The Balaban J connectivity index is -0.000000605. The molecular weight excluding hydrogens is 215 g/mol. The molecule has 3 N–H and O–H groups in total. The van der Waals surface area contributed by atoms with E-state index in [0.717, 1.165) is 0 Å². The normalized spacial score (nSPS) is 11.1. The third kappa shape index (κ3) is 7.76. The lowest BCUT2D eigenvalue weighted by atomic mass is 10.2. The summed E-state index contributed by atoms with van der Waals surface area (Å²) in [6.07, 6.45) is 0.152. The van der Waals surface area contributed by atoms with Crippen molar-refractivity contribution in [1.29, 1.82) is 0 Å². The van der Waals surface area contributed by atoms with E-state index in [0.29, 0.717) is 5.06 Å². The predicted molar refractivity (Wildman–Crippen MR) is 54.9 cm³/mol. The van der Waals surface area contributed by atoms with Crippen LogP contribution in [0, 0.1) is 0 Å². The van der Waals surface area contributed by atoms with Gasteiger partial charge in [-0.3, -0.25) is 9.59 Å². The first kappa shape index (κ1) is 19.9. The van der Waals surface area contributed by atoms with Crippen LogP contribution < -0.4 is 0 Å². The number of rotatable bonds is 5. The van der Waals surface area contributed by atoms with Crippen LogP contribution in [0.1, 0.15) is 13.3 Å². The molecule has 0 aromatic rings. The fraction of sp³-hybridized carbons (Fsp3) is 0.667. The minimum Gasteiger partial charge on any atom is -0.480 e. The van der Waals surface area contributed by atoms with E-state index < -0.39 is 24.5 Å². The number of hydrogen-bond donors (Lipinski definition) is 3. The van der Waals surface area contributed by atoms with Gasteiger partial charge in [0.25, 0.3) is 0 Å². The molecule has 0 rings (SSSR count). The first-order chi connectivity index (χ1) is 5.49. The van der Waals surface area contributed by atoms with Crippen molar-refractivity contribution >= 4 is 58.0 Å². The predicted octanol–water partition coefficient (Wildman–Crippen LogP) is -2.21. The standard InChI is InChI=1S/C6H11NO5.2Mg.4H/c1-2-4(6(10)11)7(12)3-5(8)9;;;;;;/h4,12H,2-3H2,1H3,(H,8,9)(H,10,11);;;;;;. The van der Waals surface area contributed by atoms with E-state index >= 15 is 0 Å². The summed E-state index contributed by atoms with van der Waals surface area (Å²) in [5, 5.41) is 25.9. The molecule has 0 aliphatic heterocycles. The van der Waals surface area contributed by atoms with Crippen molar-refractivity contribution in [2.45, 2.75) is 19.4 Å². The molecule has 14 heavy (non-hydrogen) atoms. The van der Waals surface area contributed by atoms with E-state index in [2.05, 4.69) is 0 Å². The second-order valence-corrected chi connectivity index (χ2v) is 2.25. The van der Waals surface area contributed by atoms with Gasteiger partial charge in [0.15, 0.2) is 0 Å². The number of carboxylic acid groups (broad SMARTS) is 2. The van der Waals surface area contributed by atoms with Crippen LogP contribution in [0.2, 0.25) is 0 Å². The molecule has 0 heterocycles. The van der Waals surface area contributed by atoms with Gasteiger partial charge in [-0.1, -0.05) is 6.92 Å². The molecule has 0 bridgehead atoms. The molecule has 0 aliphatic rings. The Morgan fingerprint density at radius 3 is 1.93 bits per heavy atom. The number of carbonyl (C=O) groups is 2. The molecule has 0 saturated carbocycles. The molecule has 1 unspecified atom stereocenters. The lowest BCUT2D eigenvalue weighted by Crippen LogP contribution is -2.41. The van der Waals surface area contributed by atoms with Crippen molar-refractivity contribution < 1.29 is 25.0 Å². The van der Waals surface area contributed by atoms with Crippen LogP contribution in [0.3, 0.4) is 0 Å². The number of hydroxylamine groups is 2. The summed E-state index contributed by atoms with van der Waals surface area (Å²) in [6, 6.07) is -1.15. The first-order valence-electron chi connectivity index (χ1n) is 3.39. The molecule has 0 amide bonds. The Labute approximate surface area is 114 Å². The second kappa shape index (κ2) is 9.93. The summed E-state index contributed by atoms with van der Waals surface area (Å²) in [7, 11) is 0. The van der Waals surface area contributed by atoms with Gasteiger partial charge in [0.1, 0.15) is 12.6 Å². The molecule has 0 radical (unpaired) electrons. The highest BCUT2D eigenvalue weighted by Crippen LogP contribution is 2.00. The molecule has 78 valence electrons. The maximum atomic E-state index is 10.4. The average Bonchev–Trinajstić information content (AvgIpc) is 1.85. The molecule has 6 nitrogen and oxygen atoms in total. The molecule has 8 heteroatoms. The topological polar surface area (TPSA) is 98.1 Å². The maximum Gasteiger partial charge on any atom is 0.323 e. The van der Waals surface area contributed by atoms with Crippen LogP contribution in [0.4, 0.5) is 0 Å². The zero-order chi connectivity index (χ0) is 9.72. The number of aliphatic carboxylic acids is 2. The average molecular weight is 230 g/mol. The van der Waals surface area contributed by atoms with E-state index in [1.807, 2.05) is 0 Å². The van der Waals surface area contributed by atoms with E-state index in [4.69, 9.17) is 15.4 Å². The Bertz CT molecular complexity index is 189. The quantitative estimate of drug-likeness (QED) is 0.366. The molecule has 0 aliphatic carbocycles. The summed E-state index contributed by atoms with van der Waals surface area (Å²) >= 11 is 0. The van der Waals surface area contributed by atoms with Crippen LogP contribution in [0.25, 0.3) is 0 Å². The van der Waals surface area contributed by atoms with Gasteiger partial charge >= 0.3 is 58.0 Å². The van der Waals surface area contributed by atoms with Gasteiger partial charge in [0.05, 0.1) is 0 Å². The third-order valence-corrected chi connectivity index (χ3v) is 1.33. The fourth-order valence-electron chi connectivity index (χ4n) is 0.762. The van der Waals surface area contributed by atoms with Gasteiger partial charge < -0.3 is 15.4 Å². The lowest BCUT2D eigenvalue weighted by molar-refractivity contribution is -0.177. The Morgan fingerprint density at radius 1 is 1.29 bits per heavy atom. The smallest absolute Gasteiger partial charge is 0.323 e. The molecule has 0 spiro atoms. The van der Waals surface area contributed by atoms with Crippen molar-refractivity contribution in [3.63, 3.8) is 0 Å². The van der Waals surface area contributed by atoms with Gasteiger partial charge in [0.2, 0.25) is 0 Å². The van der Waals surface area contributed by atoms with E-state index in [-0.39, 0.29) is 52.5 Å². The van der Waals surface area contributed by atoms with Crippen LogP contribution >= 0.6 is 0 Å². The van der Waals surface area contributed by atoms with Gasteiger partial charge in [-0.2, -0.15) is 5.06 Å². The third-order valence-electron chi connectivity index (χ3n) is 1.33. The van der Waals surface area contributed by atoms with Crippen LogP contribution in [0.15, 0.2) is 0 Å². The van der Waals surface area contributed by atoms with Crippen LogP contribution in [0.5, 0.6) is 0 Å². The fourth-order valence-corrected chi connectivity index (χ4v) is 0.762. The van der Waals surface area contributed by atoms with Gasteiger partial charge in [-0.25, -0.2) is 0 Å². The Morgan fingerprint density at radius 2 is 1.71 bits per heavy atom. The molecule has 0 fully saturated rings. The van der Waals surface area contributed by atoms with Gasteiger partial charge in [-0.05, 0) is 6.42 Å².